The summed E-state index contributed by atoms with van der Waals surface area (Å²) in [6.07, 6.45) is -4.96. The molecule has 0 aromatic carbocycles. The predicted octanol–water partition coefficient (Wildman–Crippen LogP) is 0.847. The van der Waals surface area contributed by atoms with E-state index in [2.05, 4.69) is 25.9 Å². The van der Waals surface area contributed by atoms with E-state index in [0.717, 1.165) is 11.8 Å². The average molecular weight is 281 g/mol. The van der Waals surface area contributed by atoms with E-state index in [0.29, 0.717) is 11.6 Å². The smallest absolute Gasteiger partial charge is 0.344 e. The minimum absolute atomic E-state index is 0.127. The average Bonchev–Trinajstić information content (AvgIpc) is 2.77. The maximum Gasteiger partial charge on any atom is 0.392 e. The van der Waals surface area contributed by atoms with E-state index in [1.807, 2.05) is 0 Å². The highest BCUT2D eigenvalue weighted by Crippen LogP contribution is 2.37. The molecule has 1 aliphatic heterocycles. The quantitative estimate of drug-likeness (QED) is 0.858. The Morgan fingerprint density at radius 1 is 1.44 bits per heavy atom. The third-order valence-electron chi connectivity index (χ3n) is 2.52. The summed E-state index contributed by atoms with van der Waals surface area (Å²) in [5, 5.41) is 14.9. The fourth-order valence-electron chi connectivity index (χ4n) is 1.64. The van der Waals surface area contributed by atoms with Gasteiger partial charge in [0.1, 0.15) is 0 Å². The molecular formula is C8H10F3N5OS. The lowest BCUT2D eigenvalue weighted by Crippen LogP contribution is -2.44. The first-order valence-corrected chi connectivity index (χ1v) is 6.20. The van der Waals surface area contributed by atoms with Crippen LogP contribution in [0, 0.1) is 5.92 Å². The van der Waals surface area contributed by atoms with E-state index in [-0.39, 0.29) is 6.42 Å². The molecule has 2 unspecified atom stereocenters. The van der Waals surface area contributed by atoms with Crippen LogP contribution >= 0.6 is 11.8 Å². The molecule has 0 spiro atoms. The topological polar surface area (TPSA) is 83.6 Å². The van der Waals surface area contributed by atoms with Gasteiger partial charge in [-0.25, -0.2) is 0 Å². The molecule has 1 aliphatic rings. The second-order valence-electron chi connectivity index (χ2n) is 3.87. The molecule has 100 valence electrons. The SMILES string of the molecule is O=C1CC(C(F)(F)F)CC(SCc2nn[nH]n2)N1. The summed E-state index contributed by atoms with van der Waals surface area (Å²) in [5.41, 5.74) is 0. The van der Waals surface area contributed by atoms with Crippen LogP contribution in [0.1, 0.15) is 18.7 Å². The van der Waals surface area contributed by atoms with Crippen molar-refractivity contribution < 1.29 is 18.0 Å². The maximum atomic E-state index is 12.6. The van der Waals surface area contributed by atoms with Crippen LogP contribution < -0.4 is 5.32 Å². The fraction of sp³-hybridized carbons (Fsp3) is 0.750. The number of aromatic amines is 1. The molecule has 1 aromatic rings. The summed E-state index contributed by atoms with van der Waals surface area (Å²) in [7, 11) is 0. The summed E-state index contributed by atoms with van der Waals surface area (Å²) in [5.74, 6) is -1.46. The predicted molar refractivity (Wildman–Crippen MR) is 56.2 cm³/mol. The largest absolute Gasteiger partial charge is 0.392 e. The van der Waals surface area contributed by atoms with Gasteiger partial charge >= 0.3 is 6.18 Å². The van der Waals surface area contributed by atoms with Crippen molar-refractivity contribution in [2.24, 2.45) is 5.92 Å². The number of rotatable bonds is 3. The number of piperidine rings is 1. The van der Waals surface area contributed by atoms with Crippen LogP contribution in [0.2, 0.25) is 0 Å². The highest BCUT2D eigenvalue weighted by molar-refractivity contribution is 7.99. The van der Waals surface area contributed by atoms with E-state index < -0.39 is 29.8 Å². The minimum atomic E-state index is -4.33. The highest BCUT2D eigenvalue weighted by atomic mass is 32.2. The summed E-state index contributed by atoms with van der Waals surface area (Å²) in [4.78, 5) is 11.2. The molecule has 2 heterocycles. The molecular weight excluding hydrogens is 271 g/mol. The second-order valence-corrected chi connectivity index (χ2v) is 5.06. The lowest BCUT2D eigenvalue weighted by molar-refractivity contribution is -0.184. The number of nitrogens with zero attached hydrogens (tertiary/aromatic N) is 3. The Labute approximate surface area is 104 Å². The molecule has 10 heteroatoms. The van der Waals surface area contributed by atoms with Gasteiger partial charge in [-0.05, 0) is 6.42 Å². The number of hydrogen-bond acceptors (Lipinski definition) is 5. The zero-order chi connectivity index (χ0) is 13.2. The number of alkyl halides is 3. The first-order valence-electron chi connectivity index (χ1n) is 5.15. The highest BCUT2D eigenvalue weighted by Gasteiger charge is 2.44. The van der Waals surface area contributed by atoms with Gasteiger partial charge in [0.15, 0.2) is 5.82 Å². The van der Waals surface area contributed by atoms with E-state index in [4.69, 9.17) is 0 Å². The van der Waals surface area contributed by atoms with Crippen LogP contribution in [0.25, 0.3) is 0 Å². The number of tetrazole rings is 1. The molecule has 1 fully saturated rings. The van der Waals surface area contributed by atoms with Gasteiger partial charge in [0.05, 0.1) is 17.0 Å². The molecule has 6 nitrogen and oxygen atoms in total. The number of amides is 1. The molecule has 0 aliphatic carbocycles. The number of carbonyl (C=O) groups excluding carboxylic acids is 1. The minimum Gasteiger partial charge on any atom is -0.344 e. The van der Waals surface area contributed by atoms with Gasteiger partial charge in [-0.3, -0.25) is 4.79 Å². The number of halogens is 3. The molecule has 0 saturated carbocycles. The Kier molecular flexibility index (Phi) is 3.73. The molecule has 2 N–H and O–H groups in total. The zero-order valence-electron chi connectivity index (χ0n) is 9.07. The standard InChI is InChI=1S/C8H10F3N5OS/c9-8(10,11)4-1-6(17)12-7(2-4)18-3-5-13-15-16-14-5/h4,7H,1-3H2,(H,12,17)(H,13,14,15,16). The molecule has 18 heavy (non-hydrogen) atoms. The Morgan fingerprint density at radius 3 is 2.83 bits per heavy atom. The van der Waals surface area contributed by atoms with Gasteiger partial charge in [0.2, 0.25) is 5.91 Å². The van der Waals surface area contributed by atoms with Crippen LogP contribution in [0.4, 0.5) is 13.2 Å². The van der Waals surface area contributed by atoms with Crippen molar-refractivity contribution in [3.8, 4) is 0 Å². The van der Waals surface area contributed by atoms with Crippen molar-refractivity contribution in [3.05, 3.63) is 5.82 Å². The van der Waals surface area contributed by atoms with E-state index >= 15 is 0 Å². The summed E-state index contributed by atoms with van der Waals surface area (Å²) >= 11 is 1.16. The first-order chi connectivity index (χ1) is 8.45. The van der Waals surface area contributed by atoms with Gasteiger partial charge in [-0.1, -0.05) is 5.21 Å². The van der Waals surface area contributed by atoms with Crippen molar-refractivity contribution in [1.29, 1.82) is 0 Å². The van der Waals surface area contributed by atoms with Crippen molar-refractivity contribution in [2.75, 3.05) is 0 Å². The fourth-order valence-corrected chi connectivity index (χ4v) is 2.70. The molecule has 0 radical (unpaired) electrons. The van der Waals surface area contributed by atoms with Crippen molar-refractivity contribution in [1.82, 2.24) is 25.9 Å². The van der Waals surface area contributed by atoms with E-state index in [1.54, 1.807) is 0 Å². The maximum absolute atomic E-state index is 12.6. The number of thioether (sulfide) groups is 1. The Hall–Kier alpha value is -1.32. The van der Waals surface area contributed by atoms with E-state index in [9.17, 15) is 18.0 Å². The lowest BCUT2D eigenvalue weighted by Gasteiger charge is -2.30. The first kappa shape index (κ1) is 13.1. The van der Waals surface area contributed by atoms with Gasteiger partial charge in [0, 0.05) is 6.42 Å². The molecule has 1 saturated heterocycles. The van der Waals surface area contributed by atoms with Gasteiger partial charge in [-0.15, -0.1) is 22.0 Å². The number of aromatic nitrogens is 4. The lowest BCUT2D eigenvalue weighted by atomic mass is 9.97. The Morgan fingerprint density at radius 2 is 2.22 bits per heavy atom. The normalized spacial score (nSPS) is 24.9. The van der Waals surface area contributed by atoms with Crippen molar-refractivity contribution >= 4 is 17.7 Å². The summed E-state index contributed by atoms with van der Waals surface area (Å²) in [6, 6.07) is 0. The number of hydrogen-bond donors (Lipinski definition) is 2. The van der Waals surface area contributed by atoms with Crippen molar-refractivity contribution in [3.63, 3.8) is 0 Å². The molecule has 0 bridgehead atoms. The van der Waals surface area contributed by atoms with Crippen LogP contribution in [0.15, 0.2) is 0 Å². The third kappa shape index (κ3) is 3.34. The van der Waals surface area contributed by atoms with Crippen LogP contribution in [-0.4, -0.2) is 38.1 Å². The molecule has 2 atom stereocenters. The Bertz CT molecular complexity index is 409. The van der Waals surface area contributed by atoms with Crippen molar-refractivity contribution in [2.45, 2.75) is 30.1 Å². The van der Waals surface area contributed by atoms with Crippen LogP contribution in [0.3, 0.4) is 0 Å². The summed E-state index contributed by atoms with van der Waals surface area (Å²) < 4.78 is 37.7. The van der Waals surface area contributed by atoms with E-state index in [1.165, 1.54) is 0 Å². The molecule has 1 amide bonds. The zero-order valence-corrected chi connectivity index (χ0v) is 9.88. The van der Waals surface area contributed by atoms with Crippen LogP contribution in [0.5, 0.6) is 0 Å². The summed E-state index contributed by atoms with van der Waals surface area (Å²) in [6.45, 7) is 0. The van der Waals surface area contributed by atoms with Gasteiger partial charge < -0.3 is 5.32 Å². The number of nitrogens with one attached hydrogen (secondary N) is 2. The monoisotopic (exact) mass is 281 g/mol. The van der Waals surface area contributed by atoms with Gasteiger partial charge in [0.25, 0.3) is 0 Å². The third-order valence-corrected chi connectivity index (χ3v) is 3.66. The molecule has 1 aromatic heterocycles. The van der Waals surface area contributed by atoms with Gasteiger partial charge in [-0.2, -0.15) is 18.4 Å². The number of H-pyrrole nitrogens is 1. The Balaban J connectivity index is 1.90. The van der Waals surface area contributed by atoms with Crippen LogP contribution in [-0.2, 0) is 10.5 Å². The number of carbonyl (C=O) groups is 1. The second kappa shape index (κ2) is 5.12. The molecule has 2 rings (SSSR count).